The molecule has 0 unspecified atom stereocenters. The Morgan fingerprint density at radius 3 is 1.91 bits per heavy atom. The van der Waals surface area contributed by atoms with Crippen molar-refractivity contribution in [2.24, 2.45) is 0 Å². The number of aromatic hydroxyl groups is 1. The molecule has 112 valence electrons. The Bertz CT molecular complexity index is 726. The molecule has 3 heteroatoms. The first-order valence-corrected chi connectivity index (χ1v) is 7.59. The molecule has 3 aromatic rings. The van der Waals surface area contributed by atoms with Gasteiger partial charge in [0.2, 0.25) is 0 Å². The molecule has 0 amide bonds. The van der Waals surface area contributed by atoms with E-state index in [0.29, 0.717) is 0 Å². The second-order valence-corrected chi connectivity index (χ2v) is 6.17. The van der Waals surface area contributed by atoms with E-state index in [0.717, 1.165) is 27.5 Å². The number of rotatable bonds is 3. The zero-order valence-electron chi connectivity index (χ0n) is 12.6. The highest BCUT2D eigenvalue weighted by molar-refractivity contribution is 6.30. The van der Waals surface area contributed by atoms with Gasteiger partial charge in [-0.05, 0) is 61.4 Å². The normalized spacial score (nSPS) is 13.8. The van der Waals surface area contributed by atoms with Gasteiger partial charge in [0.15, 0.2) is 0 Å². The number of phenolic OH excluding ortho intramolecular Hbond substituents is 1. The molecule has 0 saturated carbocycles. The van der Waals surface area contributed by atoms with Crippen LogP contribution in [0.5, 0.6) is 5.75 Å². The van der Waals surface area contributed by atoms with Gasteiger partial charge in [0.05, 0.1) is 5.41 Å². The minimum atomic E-state index is -0.341. The standard InChI is InChI=1S/C19H18ClNO/c1-13-3-12-18(21-13)19(2,14-4-8-16(20)9-5-14)15-6-10-17(22)11-7-15/h3-12,21-22H,1-2H3/t19-/m1/s1. The van der Waals surface area contributed by atoms with Crippen molar-refractivity contribution in [3.8, 4) is 5.75 Å². The number of nitrogens with one attached hydrogen (secondary N) is 1. The van der Waals surface area contributed by atoms with Gasteiger partial charge in [-0.1, -0.05) is 35.9 Å². The minimum Gasteiger partial charge on any atom is -0.508 e. The van der Waals surface area contributed by atoms with Gasteiger partial charge in [-0.2, -0.15) is 0 Å². The van der Waals surface area contributed by atoms with Gasteiger partial charge in [-0.25, -0.2) is 0 Å². The summed E-state index contributed by atoms with van der Waals surface area (Å²) in [5.74, 6) is 0.268. The molecule has 2 aromatic carbocycles. The van der Waals surface area contributed by atoms with Crippen LogP contribution in [0.15, 0.2) is 60.7 Å². The van der Waals surface area contributed by atoms with Crippen molar-refractivity contribution in [2.75, 3.05) is 0 Å². The van der Waals surface area contributed by atoms with Crippen LogP contribution in [0.3, 0.4) is 0 Å². The number of aromatic amines is 1. The Kier molecular flexibility index (Phi) is 3.71. The lowest BCUT2D eigenvalue weighted by molar-refractivity contribution is 0.474. The molecule has 22 heavy (non-hydrogen) atoms. The first-order chi connectivity index (χ1) is 10.5. The maximum absolute atomic E-state index is 9.58. The molecule has 2 N–H and O–H groups in total. The third kappa shape index (κ3) is 2.51. The molecule has 1 aromatic heterocycles. The zero-order valence-corrected chi connectivity index (χ0v) is 13.4. The monoisotopic (exact) mass is 311 g/mol. The molecule has 0 spiro atoms. The fraction of sp³-hybridized carbons (Fsp3) is 0.158. The average Bonchev–Trinajstić information content (AvgIpc) is 2.95. The van der Waals surface area contributed by atoms with Crippen LogP contribution in [0.1, 0.15) is 29.4 Å². The van der Waals surface area contributed by atoms with Gasteiger partial charge in [0, 0.05) is 16.4 Å². The second-order valence-electron chi connectivity index (χ2n) is 5.73. The molecule has 0 bridgehead atoms. The summed E-state index contributed by atoms with van der Waals surface area (Å²) < 4.78 is 0. The lowest BCUT2D eigenvalue weighted by Crippen LogP contribution is -2.25. The summed E-state index contributed by atoms with van der Waals surface area (Å²) in [6, 6.07) is 19.5. The molecule has 0 saturated heterocycles. The van der Waals surface area contributed by atoms with Crippen LogP contribution in [0.25, 0.3) is 0 Å². The minimum absolute atomic E-state index is 0.268. The number of hydrogen-bond acceptors (Lipinski definition) is 1. The van der Waals surface area contributed by atoms with Crippen LogP contribution in [0.4, 0.5) is 0 Å². The summed E-state index contributed by atoms with van der Waals surface area (Å²) in [4.78, 5) is 3.45. The van der Waals surface area contributed by atoms with Crippen molar-refractivity contribution in [1.29, 1.82) is 0 Å². The summed E-state index contributed by atoms with van der Waals surface area (Å²) in [5, 5.41) is 10.3. The van der Waals surface area contributed by atoms with Crippen LogP contribution >= 0.6 is 11.6 Å². The Balaban J connectivity index is 2.21. The summed E-state index contributed by atoms with van der Waals surface area (Å²) in [7, 11) is 0. The largest absolute Gasteiger partial charge is 0.508 e. The highest BCUT2D eigenvalue weighted by atomic mass is 35.5. The quantitative estimate of drug-likeness (QED) is 0.698. The predicted octanol–water partition coefficient (Wildman–Crippen LogP) is 5.04. The number of phenols is 1. The lowest BCUT2D eigenvalue weighted by atomic mass is 9.74. The first-order valence-electron chi connectivity index (χ1n) is 7.22. The highest BCUT2D eigenvalue weighted by Crippen LogP contribution is 2.39. The van der Waals surface area contributed by atoms with E-state index in [1.807, 2.05) is 43.3 Å². The molecule has 2 nitrogen and oxygen atoms in total. The van der Waals surface area contributed by atoms with Gasteiger partial charge in [0.25, 0.3) is 0 Å². The van der Waals surface area contributed by atoms with Gasteiger partial charge < -0.3 is 10.1 Å². The number of aryl methyl sites for hydroxylation is 1. The maximum atomic E-state index is 9.58. The number of halogens is 1. The average molecular weight is 312 g/mol. The van der Waals surface area contributed by atoms with E-state index in [1.165, 1.54) is 0 Å². The fourth-order valence-electron chi connectivity index (χ4n) is 2.85. The first kappa shape index (κ1) is 14.7. The number of hydrogen-bond donors (Lipinski definition) is 2. The smallest absolute Gasteiger partial charge is 0.115 e. The molecule has 1 heterocycles. The van der Waals surface area contributed by atoms with Crippen molar-refractivity contribution >= 4 is 11.6 Å². The van der Waals surface area contributed by atoms with Crippen LogP contribution in [0, 0.1) is 6.92 Å². The van der Waals surface area contributed by atoms with E-state index in [9.17, 15) is 5.11 Å². The van der Waals surface area contributed by atoms with Crippen LogP contribution < -0.4 is 0 Å². The van der Waals surface area contributed by atoms with Gasteiger partial charge >= 0.3 is 0 Å². The van der Waals surface area contributed by atoms with Crippen molar-refractivity contribution in [3.05, 3.63) is 88.2 Å². The molecule has 0 aliphatic carbocycles. The molecular weight excluding hydrogens is 294 g/mol. The van der Waals surface area contributed by atoms with Gasteiger partial charge in [-0.3, -0.25) is 0 Å². The third-order valence-corrected chi connectivity index (χ3v) is 4.49. The fourth-order valence-corrected chi connectivity index (χ4v) is 2.98. The van der Waals surface area contributed by atoms with E-state index in [-0.39, 0.29) is 11.2 Å². The summed E-state index contributed by atoms with van der Waals surface area (Å²) in [5.41, 5.74) is 4.14. The second kappa shape index (κ2) is 5.54. The maximum Gasteiger partial charge on any atom is 0.115 e. The van der Waals surface area contributed by atoms with E-state index < -0.39 is 0 Å². The lowest BCUT2D eigenvalue weighted by Gasteiger charge is -2.30. The predicted molar refractivity (Wildman–Crippen MR) is 90.6 cm³/mol. The summed E-state index contributed by atoms with van der Waals surface area (Å²) >= 11 is 6.04. The van der Waals surface area contributed by atoms with Crippen LogP contribution in [-0.4, -0.2) is 10.1 Å². The SMILES string of the molecule is Cc1ccc([C@@](C)(c2ccc(O)cc2)c2ccc(Cl)cc2)[nH]1. The number of aromatic nitrogens is 1. The Labute approximate surface area is 135 Å². The molecule has 0 aliphatic rings. The molecular formula is C19H18ClNO. The molecule has 0 aliphatic heterocycles. The molecule has 0 fully saturated rings. The van der Waals surface area contributed by atoms with E-state index >= 15 is 0 Å². The Hall–Kier alpha value is -2.19. The number of H-pyrrole nitrogens is 1. The zero-order chi connectivity index (χ0) is 15.7. The van der Waals surface area contributed by atoms with Crippen molar-refractivity contribution < 1.29 is 5.11 Å². The molecule has 0 radical (unpaired) electrons. The summed E-state index contributed by atoms with van der Waals surface area (Å²) in [6.45, 7) is 4.22. The molecule has 1 atom stereocenters. The van der Waals surface area contributed by atoms with Crippen molar-refractivity contribution in [3.63, 3.8) is 0 Å². The highest BCUT2D eigenvalue weighted by Gasteiger charge is 2.32. The topological polar surface area (TPSA) is 36.0 Å². The van der Waals surface area contributed by atoms with Crippen LogP contribution in [-0.2, 0) is 5.41 Å². The third-order valence-electron chi connectivity index (χ3n) is 4.24. The van der Waals surface area contributed by atoms with E-state index in [1.54, 1.807) is 12.1 Å². The Morgan fingerprint density at radius 2 is 1.41 bits per heavy atom. The summed E-state index contributed by atoms with van der Waals surface area (Å²) in [6.07, 6.45) is 0. The van der Waals surface area contributed by atoms with Crippen molar-refractivity contribution in [1.82, 2.24) is 4.98 Å². The van der Waals surface area contributed by atoms with Gasteiger partial charge in [0.1, 0.15) is 5.75 Å². The number of benzene rings is 2. The van der Waals surface area contributed by atoms with Crippen LogP contribution in [0.2, 0.25) is 5.02 Å². The van der Waals surface area contributed by atoms with Crippen molar-refractivity contribution in [2.45, 2.75) is 19.3 Å². The molecule has 3 rings (SSSR count). The Morgan fingerprint density at radius 1 is 0.864 bits per heavy atom. The van der Waals surface area contributed by atoms with E-state index in [4.69, 9.17) is 11.6 Å². The van der Waals surface area contributed by atoms with E-state index in [2.05, 4.69) is 24.0 Å². The van der Waals surface area contributed by atoms with Gasteiger partial charge in [-0.15, -0.1) is 0 Å².